The molecule has 0 fully saturated rings. The number of Topliss-reactive ketones (excluding diaryl/α,β-unsaturated/α-hetero) is 1. The van der Waals surface area contributed by atoms with E-state index in [2.05, 4.69) is 11.3 Å². The van der Waals surface area contributed by atoms with Gasteiger partial charge in [-0.3, -0.25) is 4.79 Å². The summed E-state index contributed by atoms with van der Waals surface area (Å²) < 4.78 is 42.0. The molecule has 2 nitrogen and oxygen atoms in total. The standard InChI is InChI=1S/C11H12ClF3O2/c1-7(12)4-5-9(10(16)6-17-3)8(2)11(13,14)15/h4-5H,1,6H2,2-3H3/b5-4-,9-8-. The normalized spacial score (nSPS) is 13.8. The van der Waals surface area contributed by atoms with Crippen LogP contribution in [0.3, 0.4) is 0 Å². The van der Waals surface area contributed by atoms with Gasteiger partial charge in [-0.05, 0) is 19.1 Å². The second-order valence-electron chi connectivity index (χ2n) is 3.17. The van der Waals surface area contributed by atoms with Crippen molar-refractivity contribution in [3.63, 3.8) is 0 Å². The number of alkyl halides is 3. The van der Waals surface area contributed by atoms with E-state index in [1.807, 2.05) is 0 Å². The van der Waals surface area contributed by atoms with Gasteiger partial charge in [-0.15, -0.1) is 0 Å². The van der Waals surface area contributed by atoms with Gasteiger partial charge in [0.05, 0.1) is 0 Å². The molecule has 0 atom stereocenters. The minimum Gasteiger partial charge on any atom is -0.377 e. The minimum atomic E-state index is -4.57. The van der Waals surface area contributed by atoms with Crippen molar-refractivity contribution < 1.29 is 22.7 Å². The largest absolute Gasteiger partial charge is 0.413 e. The van der Waals surface area contributed by atoms with Crippen LogP contribution in [0.5, 0.6) is 0 Å². The lowest BCUT2D eigenvalue weighted by Gasteiger charge is -2.11. The first-order valence-corrected chi connectivity index (χ1v) is 4.90. The highest BCUT2D eigenvalue weighted by atomic mass is 35.5. The Labute approximate surface area is 102 Å². The van der Waals surface area contributed by atoms with Crippen LogP contribution in [0.25, 0.3) is 0 Å². The van der Waals surface area contributed by atoms with Gasteiger partial charge in [0.1, 0.15) is 6.61 Å². The number of carbonyl (C=O) groups excluding carboxylic acids is 1. The van der Waals surface area contributed by atoms with Crippen LogP contribution in [-0.4, -0.2) is 25.7 Å². The summed E-state index contributed by atoms with van der Waals surface area (Å²) in [5, 5.41) is 0.0303. The molecule has 0 amide bonds. The van der Waals surface area contributed by atoms with E-state index >= 15 is 0 Å². The summed E-state index contributed by atoms with van der Waals surface area (Å²) in [7, 11) is 1.22. The second kappa shape index (κ2) is 6.61. The fourth-order valence-corrected chi connectivity index (χ4v) is 1.03. The molecule has 0 aromatic carbocycles. The van der Waals surface area contributed by atoms with Gasteiger partial charge in [0.2, 0.25) is 0 Å². The van der Waals surface area contributed by atoms with Crippen LogP contribution in [0.4, 0.5) is 13.2 Å². The Morgan fingerprint density at radius 3 is 2.29 bits per heavy atom. The van der Waals surface area contributed by atoms with Crippen LogP contribution in [-0.2, 0) is 9.53 Å². The first kappa shape index (κ1) is 15.9. The van der Waals surface area contributed by atoms with Gasteiger partial charge in [-0.25, -0.2) is 0 Å². The van der Waals surface area contributed by atoms with E-state index in [0.29, 0.717) is 0 Å². The average molecular weight is 269 g/mol. The lowest BCUT2D eigenvalue weighted by molar-refractivity contribution is -0.120. The topological polar surface area (TPSA) is 26.3 Å². The van der Waals surface area contributed by atoms with Crippen LogP contribution in [0.2, 0.25) is 0 Å². The van der Waals surface area contributed by atoms with Gasteiger partial charge in [0.15, 0.2) is 5.78 Å². The first-order valence-electron chi connectivity index (χ1n) is 4.52. The summed E-state index contributed by atoms with van der Waals surface area (Å²) >= 11 is 5.39. The van der Waals surface area contributed by atoms with Crippen LogP contribution in [0, 0.1) is 0 Å². The van der Waals surface area contributed by atoms with E-state index in [9.17, 15) is 18.0 Å². The Kier molecular flexibility index (Phi) is 6.20. The van der Waals surface area contributed by atoms with Crippen molar-refractivity contribution in [2.24, 2.45) is 0 Å². The Morgan fingerprint density at radius 1 is 1.41 bits per heavy atom. The van der Waals surface area contributed by atoms with Gasteiger partial charge in [-0.1, -0.05) is 18.2 Å². The van der Waals surface area contributed by atoms with Gasteiger partial charge in [0.25, 0.3) is 0 Å². The zero-order valence-corrected chi connectivity index (χ0v) is 10.2. The van der Waals surface area contributed by atoms with Crippen molar-refractivity contribution in [3.05, 3.63) is 34.9 Å². The molecule has 0 aromatic rings. The number of hydrogen-bond donors (Lipinski definition) is 0. The molecule has 0 aromatic heterocycles. The fraction of sp³-hybridized carbons (Fsp3) is 0.364. The number of allylic oxidation sites excluding steroid dienone is 4. The molecule has 6 heteroatoms. The predicted molar refractivity (Wildman–Crippen MR) is 59.8 cm³/mol. The number of ether oxygens (including phenoxy) is 1. The Bertz CT molecular complexity index is 367. The van der Waals surface area contributed by atoms with Crippen LogP contribution < -0.4 is 0 Å². The summed E-state index contributed by atoms with van der Waals surface area (Å²) in [4.78, 5) is 11.4. The SMILES string of the molecule is C=C(Cl)/C=C\C(C(=O)COC)=C(/C)C(F)(F)F. The highest BCUT2D eigenvalue weighted by molar-refractivity contribution is 6.30. The average Bonchev–Trinajstić information content (AvgIpc) is 2.16. The predicted octanol–water partition coefficient (Wildman–Crippen LogP) is 3.39. The number of halogens is 4. The molecule has 0 aliphatic rings. The molecular weight excluding hydrogens is 257 g/mol. The van der Waals surface area contributed by atoms with Crippen molar-refractivity contribution in [3.8, 4) is 0 Å². The summed E-state index contributed by atoms with van der Waals surface area (Å²) in [5.41, 5.74) is -1.48. The first-order chi connectivity index (χ1) is 7.70. The molecule has 0 saturated carbocycles. The lowest BCUT2D eigenvalue weighted by atomic mass is 10.0. The number of hydrogen-bond acceptors (Lipinski definition) is 2. The smallest absolute Gasteiger partial charge is 0.377 e. The molecule has 0 aliphatic carbocycles. The molecule has 0 spiro atoms. The summed E-state index contributed by atoms with van der Waals surface area (Å²) in [5.74, 6) is -0.767. The number of methoxy groups -OCH3 is 1. The Morgan fingerprint density at radius 2 is 1.94 bits per heavy atom. The van der Waals surface area contributed by atoms with Gasteiger partial charge >= 0.3 is 6.18 Å². The van der Waals surface area contributed by atoms with Crippen molar-refractivity contribution in [2.75, 3.05) is 13.7 Å². The fourth-order valence-electron chi connectivity index (χ4n) is 0.962. The van der Waals surface area contributed by atoms with E-state index in [1.165, 1.54) is 7.11 Å². The van der Waals surface area contributed by atoms with E-state index in [-0.39, 0.29) is 5.03 Å². The van der Waals surface area contributed by atoms with Crippen molar-refractivity contribution >= 4 is 17.4 Å². The lowest BCUT2D eigenvalue weighted by Crippen LogP contribution is -2.17. The molecule has 0 radical (unpaired) electrons. The van der Waals surface area contributed by atoms with Crippen molar-refractivity contribution in [2.45, 2.75) is 13.1 Å². The maximum atomic E-state index is 12.5. The third-order valence-corrected chi connectivity index (χ3v) is 1.96. The van der Waals surface area contributed by atoms with Crippen molar-refractivity contribution in [1.29, 1.82) is 0 Å². The third kappa shape index (κ3) is 5.70. The third-order valence-electron chi connectivity index (χ3n) is 1.84. The van der Waals surface area contributed by atoms with Crippen LogP contribution in [0.1, 0.15) is 6.92 Å². The number of carbonyl (C=O) groups is 1. The Balaban J connectivity index is 5.39. The molecule has 0 rings (SSSR count). The minimum absolute atomic E-state index is 0.0303. The zero-order valence-electron chi connectivity index (χ0n) is 9.40. The van der Waals surface area contributed by atoms with E-state index in [4.69, 9.17) is 11.6 Å². The molecule has 0 aliphatic heterocycles. The molecule has 0 heterocycles. The van der Waals surface area contributed by atoms with Gasteiger partial charge < -0.3 is 4.74 Å². The molecular formula is C11H12ClF3O2. The molecule has 0 unspecified atom stereocenters. The van der Waals surface area contributed by atoms with E-state index in [1.54, 1.807) is 0 Å². The molecule has 17 heavy (non-hydrogen) atoms. The second-order valence-corrected chi connectivity index (χ2v) is 3.66. The maximum Gasteiger partial charge on any atom is 0.413 e. The molecule has 0 bridgehead atoms. The van der Waals surface area contributed by atoms with Crippen LogP contribution >= 0.6 is 11.6 Å². The quantitative estimate of drug-likeness (QED) is 0.564. The Hall–Kier alpha value is -1.07. The van der Waals surface area contributed by atoms with Crippen LogP contribution in [0.15, 0.2) is 34.9 Å². The highest BCUT2D eigenvalue weighted by Crippen LogP contribution is 2.28. The molecule has 0 N–H and O–H groups in total. The monoisotopic (exact) mass is 268 g/mol. The summed E-state index contributed by atoms with van der Waals surface area (Å²) in [6, 6.07) is 0. The highest BCUT2D eigenvalue weighted by Gasteiger charge is 2.33. The van der Waals surface area contributed by atoms with Crippen molar-refractivity contribution in [1.82, 2.24) is 0 Å². The van der Waals surface area contributed by atoms with E-state index < -0.39 is 29.7 Å². The molecule has 96 valence electrons. The van der Waals surface area contributed by atoms with Gasteiger partial charge in [0, 0.05) is 23.3 Å². The number of ketones is 1. The van der Waals surface area contributed by atoms with Gasteiger partial charge in [-0.2, -0.15) is 13.2 Å². The summed E-state index contributed by atoms with van der Waals surface area (Å²) in [6.45, 7) is 3.68. The number of rotatable bonds is 5. The maximum absolute atomic E-state index is 12.5. The van der Waals surface area contributed by atoms with E-state index in [0.717, 1.165) is 19.1 Å². The molecule has 0 saturated heterocycles. The zero-order chi connectivity index (χ0) is 13.6. The summed E-state index contributed by atoms with van der Waals surface area (Å²) in [6.07, 6.45) is -2.46.